The van der Waals surface area contributed by atoms with Crippen molar-refractivity contribution < 1.29 is 27.1 Å². The van der Waals surface area contributed by atoms with E-state index in [1.165, 1.54) is 5.56 Å². The summed E-state index contributed by atoms with van der Waals surface area (Å²) in [5.41, 5.74) is 3.34. The molecule has 46 heavy (non-hydrogen) atoms. The highest BCUT2D eigenvalue weighted by Crippen LogP contribution is 2.42. The number of sulfonamides is 1. The van der Waals surface area contributed by atoms with E-state index in [0.29, 0.717) is 48.5 Å². The molecule has 1 fully saturated rings. The number of allylic oxidation sites excluding steroid dienone is 1. The Labute approximate surface area is 276 Å². The molecular formula is C35H42ClN3O6S. The van der Waals surface area contributed by atoms with E-state index in [2.05, 4.69) is 20.7 Å². The Kier molecular flexibility index (Phi) is 10.4. The second-order valence-electron chi connectivity index (χ2n) is 12.5. The molecule has 0 radical (unpaired) electrons. The van der Waals surface area contributed by atoms with Crippen molar-refractivity contribution in [2.45, 2.75) is 82.9 Å². The summed E-state index contributed by atoms with van der Waals surface area (Å²) in [7, 11) is -3.90. The van der Waals surface area contributed by atoms with Crippen molar-refractivity contribution in [1.29, 1.82) is 0 Å². The summed E-state index contributed by atoms with van der Waals surface area (Å²) in [6.45, 7) is 3.97. The quantitative estimate of drug-likeness (QED) is 0.301. The van der Waals surface area contributed by atoms with Crippen LogP contribution in [-0.4, -0.2) is 43.8 Å². The summed E-state index contributed by atoms with van der Waals surface area (Å²) < 4.78 is 47.4. The number of amides is 1. The monoisotopic (exact) mass is 667 g/mol. The molecule has 2 aliphatic heterocycles. The molecule has 0 spiro atoms. The number of aryl methyl sites for hydroxylation is 1. The van der Waals surface area contributed by atoms with E-state index >= 15 is 0 Å². The number of rotatable bonds is 4. The predicted molar refractivity (Wildman–Crippen MR) is 178 cm³/mol. The topological polar surface area (TPSA) is 111 Å². The molecule has 2 aromatic carbocycles. The highest BCUT2D eigenvalue weighted by molar-refractivity contribution is 7.90. The average Bonchev–Trinajstić information content (AvgIpc) is 3.54. The molecule has 3 aromatic rings. The number of ether oxygens (including phenoxy) is 2. The van der Waals surface area contributed by atoms with E-state index in [9.17, 15) is 13.2 Å². The van der Waals surface area contributed by atoms with Crippen LogP contribution in [0.1, 0.15) is 79.2 Å². The van der Waals surface area contributed by atoms with Crippen molar-refractivity contribution in [3.05, 3.63) is 88.6 Å². The lowest BCUT2D eigenvalue weighted by atomic mass is 9.70. The molecule has 1 aromatic heterocycles. The van der Waals surface area contributed by atoms with Gasteiger partial charge in [0.1, 0.15) is 25.2 Å². The molecule has 6 rings (SSSR count). The fraction of sp³-hybridized carbons (Fsp3) is 0.486. The van der Waals surface area contributed by atoms with Gasteiger partial charge in [0, 0.05) is 23.7 Å². The minimum atomic E-state index is -3.90. The molecular weight excluding hydrogens is 626 g/mol. The third-order valence-corrected chi connectivity index (χ3v) is 11.7. The lowest BCUT2D eigenvalue weighted by molar-refractivity contribution is -0.0291. The van der Waals surface area contributed by atoms with Crippen LogP contribution in [0.5, 0.6) is 5.75 Å². The van der Waals surface area contributed by atoms with E-state index in [0.717, 1.165) is 56.4 Å². The Morgan fingerprint density at radius 3 is 2.78 bits per heavy atom. The van der Waals surface area contributed by atoms with Gasteiger partial charge in [-0.05, 0) is 105 Å². The van der Waals surface area contributed by atoms with E-state index in [1.807, 2.05) is 31.2 Å². The summed E-state index contributed by atoms with van der Waals surface area (Å²) in [5, 5.41) is 0.00565. The number of hydrogen-bond donors (Lipinski definition) is 1. The number of halogens is 1. The van der Waals surface area contributed by atoms with Crippen molar-refractivity contribution >= 4 is 33.2 Å². The van der Waals surface area contributed by atoms with Gasteiger partial charge >= 0.3 is 0 Å². The summed E-state index contributed by atoms with van der Waals surface area (Å²) in [4.78, 5) is 20.0. The fourth-order valence-corrected chi connectivity index (χ4v) is 8.42. The third-order valence-electron chi connectivity index (χ3n) is 9.58. The lowest BCUT2D eigenvalue weighted by Crippen LogP contribution is -2.44. The summed E-state index contributed by atoms with van der Waals surface area (Å²) in [6, 6.07) is 11.1. The molecule has 246 valence electrons. The Hall–Kier alpha value is -3.34. The van der Waals surface area contributed by atoms with Crippen molar-refractivity contribution in [3.8, 4) is 5.75 Å². The number of aromatic nitrogens is 1. The molecule has 11 heteroatoms. The largest absolute Gasteiger partial charge is 0.487 e. The van der Waals surface area contributed by atoms with Crippen molar-refractivity contribution in [2.75, 3.05) is 18.0 Å². The third kappa shape index (κ3) is 7.61. The van der Waals surface area contributed by atoms with Crippen LogP contribution in [0.3, 0.4) is 0 Å². The van der Waals surface area contributed by atoms with Gasteiger partial charge in [-0.25, -0.2) is 18.1 Å². The molecule has 0 unspecified atom stereocenters. The molecule has 1 saturated carbocycles. The normalized spacial score (nSPS) is 25.9. The molecule has 3 aliphatic rings. The number of fused-ring (bicyclic) bond motifs is 3. The maximum absolute atomic E-state index is 13.4. The lowest BCUT2D eigenvalue weighted by Gasteiger charge is -2.44. The maximum Gasteiger partial charge on any atom is 0.264 e. The standard InChI is InChI=1S/C35H42ClN3O6S/c1-2-29-8-3-4-9-32(45-23-34-37-16-18-43-34)30-14-11-26(30)21-39-17-6-5-7-24-19-28(36)13-10-27(24)22-44-33-15-12-25(20-31(33)39)35(40)38-46(29,41)42/h4,9-10,12-13,15-16,18-20,26,29-30,32H,2-3,5-8,11,14,17,21-23H2,1H3,(H,38,40)/b9-4+/t26-,29+,30+,32-/m0/s1. The number of benzene rings is 2. The van der Waals surface area contributed by atoms with Gasteiger partial charge in [-0.15, -0.1) is 0 Å². The van der Waals surface area contributed by atoms with Gasteiger partial charge < -0.3 is 18.8 Å². The highest BCUT2D eigenvalue weighted by Gasteiger charge is 2.38. The Balaban J connectivity index is 1.36. The van der Waals surface area contributed by atoms with E-state index in [4.69, 9.17) is 25.5 Å². The fourth-order valence-electron chi connectivity index (χ4n) is 6.79. The zero-order valence-electron chi connectivity index (χ0n) is 26.2. The van der Waals surface area contributed by atoms with E-state index in [1.54, 1.807) is 30.7 Å². The maximum atomic E-state index is 13.4. The zero-order chi connectivity index (χ0) is 32.1. The first-order valence-electron chi connectivity index (χ1n) is 16.3. The average molecular weight is 668 g/mol. The number of carbonyl (C=O) groups excluding carboxylic acids is 1. The molecule has 9 nitrogen and oxygen atoms in total. The predicted octanol–water partition coefficient (Wildman–Crippen LogP) is 6.85. The highest BCUT2D eigenvalue weighted by atomic mass is 35.5. The Morgan fingerprint density at radius 2 is 2.00 bits per heavy atom. The number of hydrogen-bond acceptors (Lipinski definition) is 8. The van der Waals surface area contributed by atoms with E-state index < -0.39 is 21.2 Å². The number of carbonyl (C=O) groups is 1. The van der Waals surface area contributed by atoms with Crippen molar-refractivity contribution in [3.63, 3.8) is 0 Å². The first-order chi connectivity index (χ1) is 22.3. The summed E-state index contributed by atoms with van der Waals surface area (Å²) in [6.07, 6.45) is 13.3. The number of anilines is 1. The van der Waals surface area contributed by atoms with E-state index in [-0.39, 0.29) is 24.2 Å². The van der Waals surface area contributed by atoms with Gasteiger partial charge in [-0.1, -0.05) is 36.7 Å². The molecule has 3 heterocycles. The van der Waals surface area contributed by atoms with Crippen LogP contribution < -0.4 is 14.4 Å². The summed E-state index contributed by atoms with van der Waals surface area (Å²) >= 11 is 6.34. The first-order valence-corrected chi connectivity index (χ1v) is 18.2. The van der Waals surface area contributed by atoms with Crippen LogP contribution in [0.15, 0.2) is 65.4 Å². The molecule has 1 amide bonds. The molecule has 1 aliphatic carbocycles. The molecule has 1 N–H and O–H groups in total. The first kappa shape index (κ1) is 32.6. The second-order valence-corrected chi connectivity index (χ2v) is 14.9. The molecule has 0 saturated heterocycles. The van der Waals surface area contributed by atoms with Gasteiger partial charge in [0.25, 0.3) is 5.91 Å². The smallest absolute Gasteiger partial charge is 0.264 e. The van der Waals surface area contributed by atoms with Crippen LogP contribution in [0, 0.1) is 11.8 Å². The number of oxazole rings is 1. The van der Waals surface area contributed by atoms with Crippen molar-refractivity contribution in [2.24, 2.45) is 11.8 Å². The minimum absolute atomic E-state index is 0.167. The van der Waals surface area contributed by atoms with Crippen LogP contribution in [0.4, 0.5) is 5.69 Å². The number of nitrogens with one attached hydrogen (secondary N) is 1. The minimum Gasteiger partial charge on any atom is -0.487 e. The van der Waals surface area contributed by atoms with Crippen LogP contribution in [0.25, 0.3) is 0 Å². The SMILES string of the molecule is CC[C@@H]1CC/C=C/[C@H](OCc2ncco2)[C@@H]2CC[C@H]2CN2CCCCc3cc(Cl)ccc3COc3ccc(cc32)C(=O)NS1(=O)=O. The second kappa shape index (κ2) is 14.6. The van der Waals surface area contributed by atoms with Crippen LogP contribution in [-0.2, 0) is 34.4 Å². The van der Waals surface area contributed by atoms with Crippen LogP contribution >= 0.6 is 11.6 Å². The van der Waals surface area contributed by atoms with Gasteiger partial charge in [0.05, 0.1) is 23.2 Å². The number of nitrogens with zero attached hydrogens (tertiary/aromatic N) is 2. The van der Waals surface area contributed by atoms with Gasteiger partial charge in [0.15, 0.2) is 0 Å². The Bertz CT molecular complexity index is 1640. The Morgan fingerprint density at radius 1 is 1.11 bits per heavy atom. The van der Waals surface area contributed by atoms with Gasteiger partial charge in [-0.3, -0.25) is 4.79 Å². The van der Waals surface area contributed by atoms with Crippen LogP contribution in [0.2, 0.25) is 5.02 Å². The summed E-state index contributed by atoms with van der Waals surface area (Å²) in [5.74, 6) is 1.17. The van der Waals surface area contributed by atoms with Crippen molar-refractivity contribution in [1.82, 2.24) is 9.71 Å². The van der Waals surface area contributed by atoms with Gasteiger partial charge in [0.2, 0.25) is 15.9 Å². The zero-order valence-corrected chi connectivity index (χ0v) is 27.8. The molecule has 4 atom stereocenters. The van der Waals surface area contributed by atoms with Gasteiger partial charge in [-0.2, -0.15) is 0 Å². The molecule has 2 bridgehead atoms.